The van der Waals surface area contributed by atoms with Crippen LogP contribution in [0.2, 0.25) is 0 Å². The molecule has 2 fully saturated rings. The van der Waals surface area contributed by atoms with Crippen molar-refractivity contribution in [3.05, 3.63) is 12.7 Å². The second kappa shape index (κ2) is 3.86. The minimum Gasteiger partial charge on any atom is -0.382 e. The number of rotatable bonds is 1. The molecule has 0 bridgehead atoms. The highest BCUT2D eigenvalue weighted by molar-refractivity contribution is 5.81. The van der Waals surface area contributed by atoms with E-state index in [1.54, 1.807) is 6.33 Å². The number of imidazole rings is 1. The molecular weight excluding hydrogens is 248 g/mol. The largest absolute Gasteiger partial charge is 0.382 e. The number of fused-ring (bicyclic) bond motifs is 2. The lowest BCUT2D eigenvalue weighted by Gasteiger charge is -2.17. The number of nitrogens with zero attached hydrogens (tertiary/aromatic N) is 4. The van der Waals surface area contributed by atoms with Gasteiger partial charge in [-0.15, -0.1) is 0 Å². The number of anilines is 1. The number of hydrogen-bond acceptors (Lipinski definition) is 7. The lowest BCUT2D eigenvalue weighted by molar-refractivity contribution is 0.0646. The van der Waals surface area contributed by atoms with Crippen molar-refractivity contribution < 1.29 is 9.47 Å². The average molecular weight is 262 g/mol. The van der Waals surface area contributed by atoms with Gasteiger partial charge in [0.15, 0.2) is 11.5 Å². The maximum Gasteiger partial charge on any atom is 0.165 e. The van der Waals surface area contributed by atoms with E-state index in [9.17, 15) is 0 Å². The van der Waals surface area contributed by atoms with E-state index in [0.717, 1.165) is 0 Å². The molecule has 0 aliphatic carbocycles. The lowest BCUT2D eigenvalue weighted by Crippen LogP contribution is -2.36. The van der Waals surface area contributed by atoms with Gasteiger partial charge < -0.3 is 25.5 Å². The Labute approximate surface area is 108 Å². The smallest absolute Gasteiger partial charge is 0.165 e. The van der Waals surface area contributed by atoms with E-state index in [2.05, 4.69) is 15.0 Å². The Morgan fingerprint density at radius 3 is 2.89 bits per heavy atom. The third kappa shape index (κ3) is 1.47. The minimum absolute atomic E-state index is 0.0258. The molecule has 2 saturated heterocycles. The Morgan fingerprint density at radius 1 is 1.16 bits per heavy atom. The molecule has 4 N–H and O–H groups in total. The molecule has 2 aromatic rings. The lowest BCUT2D eigenvalue weighted by atomic mass is 10.1. The fourth-order valence-electron chi connectivity index (χ4n) is 2.86. The number of hydrogen-bond donors (Lipinski definition) is 2. The molecule has 4 rings (SSSR count). The van der Waals surface area contributed by atoms with E-state index >= 15 is 0 Å². The van der Waals surface area contributed by atoms with Crippen LogP contribution in [0.4, 0.5) is 5.82 Å². The van der Waals surface area contributed by atoms with Crippen LogP contribution < -0.4 is 11.5 Å². The van der Waals surface area contributed by atoms with Crippen molar-refractivity contribution in [1.82, 2.24) is 19.5 Å². The van der Waals surface area contributed by atoms with Gasteiger partial charge in [0.25, 0.3) is 0 Å². The summed E-state index contributed by atoms with van der Waals surface area (Å²) >= 11 is 0. The molecule has 2 aliphatic heterocycles. The van der Waals surface area contributed by atoms with Crippen LogP contribution in [-0.2, 0) is 9.47 Å². The van der Waals surface area contributed by atoms with Gasteiger partial charge in [-0.3, -0.25) is 0 Å². The first-order valence-corrected chi connectivity index (χ1v) is 6.17. The van der Waals surface area contributed by atoms with Gasteiger partial charge in [-0.25, -0.2) is 15.0 Å². The van der Waals surface area contributed by atoms with Gasteiger partial charge in [-0.2, -0.15) is 0 Å². The van der Waals surface area contributed by atoms with Gasteiger partial charge in [0.05, 0.1) is 31.6 Å². The second-order valence-corrected chi connectivity index (χ2v) is 4.91. The second-order valence-electron chi connectivity index (χ2n) is 4.91. The number of aromatic nitrogens is 4. The summed E-state index contributed by atoms with van der Waals surface area (Å²) in [6, 6.07) is -0.0395. The molecule has 0 radical (unpaired) electrons. The first kappa shape index (κ1) is 11.1. The Morgan fingerprint density at radius 2 is 2.00 bits per heavy atom. The Bertz CT molecular complexity index is 629. The molecule has 0 aromatic carbocycles. The van der Waals surface area contributed by atoms with Crippen LogP contribution in [0.3, 0.4) is 0 Å². The highest BCUT2D eigenvalue weighted by Gasteiger charge is 2.47. The third-order valence-corrected chi connectivity index (χ3v) is 3.81. The topological polar surface area (TPSA) is 114 Å². The van der Waals surface area contributed by atoms with Crippen LogP contribution >= 0.6 is 0 Å². The number of ether oxygens (including phenoxy) is 2. The molecule has 4 atom stereocenters. The number of nitrogen functional groups attached to an aromatic ring is 1. The Kier molecular flexibility index (Phi) is 2.25. The van der Waals surface area contributed by atoms with Crippen LogP contribution in [0.25, 0.3) is 11.2 Å². The molecule has 19 heavy (non-hydrogen) atoms. The van der Waals surface area contributed by atoms with Crippen molar-refractivity contribution in [1.29, 1.82) is 0 Å². The van der Waals surface area contributed by atoms with E-state index in [1.165, 1.54) is 6.33 Å². The molecule has 2 unspecified atom stereocenters. The molecule has 8 nitrogen and oxygen atoms in total. The van der Waals surface area contributed by atoms with E-state index in [0.29, 0.717) is 30.2 Å². The van der Waals surface area contributed by atoms with Gasteiger partial charge in [0.1, 0.15) is 24.1 Å². The van der Waals surface area contributed by atoms with Crippen molar-refractivity contribution in [2.45, 2.75) is 24.3 Å². The summed E-state index contributed by atoms with van der Waals surface area (Å²) in [6.07, 6.45) is 3.04. The fourth-order valence-corrected chi connectivity index (χ4v) is 2.86. The van der Waals surface area contributed by atoms with Crippen LogP contribution in [0.1, 0.15) is 6.04 Å². The van der Waals surface area contributed by atoms with E-state index < -0.39 is 0 Å². The Hall–Kier alpha value is -1.77. The summed E-state index contributed by atoms with van der Waals surface area (Å²) < 4.78 is 13.4. The first-order chi connectivity index (χ1) is 9.25. The van der Waals surface area contributed by atoms with Crippen LogP contribution in [-0.4, -0.2) is 51.0 Å². The maximum absolute atomic E-state index is 5.95. The van der Waals surface area contributed by atoms with Crippen molar-refractivity contribution in [3.8, 4) is 0 Å². The molecule has 2 aliphatic rings. The zero-order valence-corrected chi connectivity index (χ0v) is 10.1. The van der Waals surface area contributed by atoms with Crippen LogP contribution in [0, 0.1) is 0 Å². The van der Waals surface area contributed by atoms with Gasteiger partial charge in [0.2, 0.25) is 0 Å². The van der Waals surface area contributed by atoms with Crippen LogP contribution in [0.15, 0.2) is 12.7 Å². The van der Waals surface area contributed by atoms with E-state index in [-0.39, 0.29) is 24.3 Å². The molecule has 100 valence electrons. The van der Waals surface area contributed by atoms with Gasteiger partial charge >= 0.3 is 0 Å². The first-order valence-electron chi connectivity index (χ1n) is 6.17. The third-order valence-electron chi connectivity index (χ3n) is 3.81. The predicted molar refractivity (Wildman–Crippen MR) is 66.2 cm³/mol. The highest BCUT2D eigenvalue weighted by Crippen LogP contribution is 2.35. The van der Waals surface area contributed by atoms with Crippen molar-refractivity contribution in [2.24, 2.45) is 5.73 Å². The van der Waals surface area contributed by atoms with Crippen molar-refractivity contribution in [3.63, 3.8) is 0 Å². The quantitative estimate of drug-likeness (QED) is 0.682. The van der Waals surface area contributed by atoms with Crippen molar-refractivity contribution >= 4 is 17.0 Å². The molecule has 2 aromatic heterocycles. The van der Waals surface area contributed by atoms with Gasteiger partial charge in [-0.05, 0) is 0 Å². The molecule has 8 heteroatoms. The van der Waals surface area contributed by atoms with Crippen molar-refractivity contribution in [2.75, 3.05) is 18.9 Å². The SMILES string of the molecule is Nc1ncnc2c1ncn2[C@@H]1COC2C1OC[C@@H]2N. The minimum atomic E-state index is -0.0653. The molecular formula is C11H14N6O2. The molecule has 0 amide bonds. The average Bonchev–Trinajstić information content (AvgIpc) is 3.06. The summed E-state index contributed by atoms with van der Waals surface area (Å²) in [5, 5.41) is 0. The fraction of sp³-hybridized carbons (Fsp3) is 0.545. The van der Waals surface area contributed by atoms with Gasteiger partial charge in [0, 0.05) is 0 Å². The zero-order chi connectivity index (χ0) is 13.0. The standard InChI is InChI=1S/C11H14N6O2/c12-5-1-18-9-6(2-19-8(5)9)17-4-16-7-10(13)14-3-15-11(7)17/h3-6,8-9H,1-2,12H2,(H2,13,14,15)/t5-,6+,8?,9?/m0/s1. The molecule has 0 saturated carbocycles. The monoisotopic (exact) mass is 262 g/mol. The normalized spacial score (nSPS) is 33.9. The van der Waals surface area contributed by atoms with E-state index in [1.807, 2.05) is 4.57 Å². The summed E-state index contributed by atoms with van der Waals surface area (Å²) in [5.41, 5.74) is 13.0. The zero-order valence-electron chi connectivity index (χ0n) is 10.1. The summed E-state index contributed by atoms with van der Waals surface area (Å²) in [7, 11) is 0. The summed E-state index contributed by atoms with van der Waals surface area (Å²) in [4.78, 5) is 12.4. The van der Waals surface area contributed by atoms with Crippen LogP contribution in [0.5, 0.6) is 0 Å². The number of nitrogens with two attached hydrogens (primary N) is 2. The maximum atomic E-state index is 5.95. The highest BCUT2D eigenvalue weighted by atomic mass is 16.6. The Balaban J connectivity index is 1.77. The summed E-state index contributed by atoms with van der Waals surface area (Å²) in [5.74, 6) is 0.378. The van der Waals surface area contributed by atoms with Gasteiger partial charge in [-0.1, -0.05) is 0 Å². The van der Waals surface area contributed by atoms with E-state index in [4.69, 9.17) is 20.9 Å². The molecule has 0 spiro atoms. The summed E-state index contributed by atoms with van der Waals surface area (Å²) in [6.45, 7) is 1.06. The molecule has 4 heterocycles. The predicted octanol–water partition coefficient (Wildman–Crippen LogP) is -0.925.